The van der Waals surface area contributed by atoms with E-state index in [1.54, 1.807) is 12.1 Å². The lowest BCUT2D eigenvalue weighted by molar-refractivity contribution is -0.122. The van der Waals surface area contributed by atoms with Gasteiger partial charge in [-0.15, -0.1) is 0 Å². The molecule has 0 heterocycles. The number of carbonyl (C=O) groups excluding carboxylic acids is 1. The van der Waals surface area contributed by atoms with Crippen LogP contribution in [-0.4, -0.2) is 11.0 Å². The molecule has 6 heteroatoms. The van der Waals surface area contributed by atoms with Crippen LogP contribution in [0.15, 0.2) is 24.3 Å². The highest BCUT2D eigenvalue weighted by Gasteiger charge is 2.40. The molecule has 3 atom stereocenters. The van der Waals surface area contributed by atoms with Crippen molar-refractivity contribution in [2.24, 2.45) is 17.8 Å². The van der Waals surface area contributed by atoms with Crippen LogP contribution in [0.1, 0.15) is 32.1 Å². The highest BCUT2D eigenvalue weighted by atomic mass is 35.5. The van der Waals surface area contributed by atoms with E-state index >= 15 is 0 Å². The third kappa shape index (κ3) is 3.90. The number of hydrogen-bond donors (Lipinski definition) is 3. The van der Waals surface area contributed by atoms with Gasteiger partial charge in [-0.2, -0.15) is 0 Å². The van der Waals surface area contributed by atoms with E-state index in [0.717, 1.165) is 17.5 Å². The van der Waals surface area contributed by atoms with Crippen LogP contribution in [0, 0.1) is 17.8 Å². The second kappa shape index (κ2) is 6.84. The number of carbonyl (C=O) groups is 1. The first-order valence-corrected chi connectivity index (χ1v) is 8.50. The summed E-state index contributed by atoms with van der Waals surface area (Å²) >= 11 is 11.0. The molecule has 2 saturated carbocycles. The Labute approximate surface area is 141 Å². The smallest absolute Gasteiger partial charge is 0.238 e. The van der Waals surface area contributed by atoms with Crippen LogP contribution in [0.4, 0.5) is 5.69 Å². The van der Waals surface area contributed by atoms with E-state index in [1.165, 1.54) is 25.7 Å². The van der Waals surface area contributed by atoms with E-state index in [1.807, 2.05) is 12.1 Å². The molecular weight excluding hydrogens is 318 g/mol. The summed E-state index contributed by atoms with van der Waals surface area (Å²) in [7, 11) is 0. The third-order valence-corrected chi connectivity index (χ3v) is 5.21. The number of rotatable bonds is 3. The Morgan fingerprint density at radius 2 is 1.95 bits per heavy atom. The Bertz CT molecular complexity index is 563. The van der Waals surface area contributed by atoms with Crippen molar-refractivity contribution in [3.63, 3.8) is 0 Å². The average molecular weight is 338 g/mol. The molecule has 1 amide bonds. The van der Waals surface area contributed by atoms with Gasteiger partial charge in [-0.3, -0.25) is 15.6 Å². The van der Waals surface area contributed by atoms with Crippen LogP contribution < -0.4 is 16.2 Å². The minimum Gasteiger partial charge on any atom is -0.331 e. The van der Waals surface area contributed by atoms with Crippen LogP contribution in [0.25, 0.3) is 0 Å². The van der Waals surface area contributed by atoms with Gasteiger partial charge in [0.05, 0.1) is 0 Å². The van der Waals surface area contributed by atoms with E-state index in [-0.39, 0.29) is 5.91 Å². The van der Waals surface area contributed by atoms with E-state index in [4.69, 9.17) is 23.8 Å². The summed E-state index contributed by atoms with van der Waals surface area (Å²) in [6.07, 6.45) is 5.79. The average Bonchev–Trinajstić information content (AvgIpc) is 3.10. The second-order valence-electron chi connectivity index (χ2n) is 6.27. The summed E-state index contributed by atoms with van der Waals surface area (Å²) in [4.78, 5) is 12.0. The zero-order valence-electron chi connectivity index (χ0n) is 12.3. The molecule has 0 aromatic heterocycles. The summed E-state index contributed by atoms with van der Waals surface area (Å²) in [6, 6.07) is 7.21. The molecule has 2 aliphatic rings. The maximum Gasteiger partial charge on any atom is 0.238 e. The number of nitrogens with one attached hydrogen (secondary N) is 3. The molecule has 3 rings (SSSR count). The fourth-order valence-electron chi connectivity index (χ4n) is 3.74. The van der Waals surface area contributed by atoms with Crippen molar-refractivity contribution in [3.8, 4) is 0 Å². The van der Waals surface area contributed by atoms with Gasteiger partial charge >= 0.3 is 0 Å². The van der Waals surface area contributed by atoms with Crippen molar-refractivity contribution in [1.82, 2.24) is 10.9 Å². The molecule has 0 radical (unpaired) electrons. The number of benzene rings is 1. The third-order valence-electron chi connectivity index (χ3n) is 4.75. The van der Waals surface area contributed by atoms with Gasteiger partial charge in [0.1, 0.15) is 0 Å². The molecule has 0 unspecified atom stereocenters. The zero-order chi connectivity index (χ0) is 15.5. The molecule has 0 aliphatic heterocycles. The minimum absolute atomic E-state index is 0.0119. The van der Waals surface area contributed by atoms with Crippen LogP contribution in [0.3, 0.4) is 0 Å². The number of hydrogen-bond acceptors (Lipinski definition) is 2. The summed E-state index contributed by atoms with van der Waals surface area (Å²) in [5.41, 5.74) is 6.26. The first-order chi connectivity index (χ1) is 10.6. The largest absolute Gasteiger partial charge is 0.331 e. The summed E-state index contributed by atoms with van der Waals surface area (Å²) in [5.74, 6) is 2.19. The molecule has 0 spiro atoms. The number of hydrazine groups is 1. The van der Waals surface area contributed by atoms with Gasteiger partial charge in [-0.1, -0.05) is 18.0 Å². The quantitative estimate of drug-likeness (QED) is 0.584. The molecule has 4 nitrogen and oxygen atoms in total. The van der Waals surface area contributed by atoms with E-state index < -0.39 is 0 Å². The van der Waals surface area contributed by atoms with Crippen molar-refractivity contribution >= 4 is 40.5 Å². The van der Waals surface area contributed by atoms with Gasteiger partial charge in [-0.05, 0) is 73.5 Å². The minimum atomic E-state index is 0.0119. The predicted octanol–water partition coefficient (Wildman–Crippen LogP) is 3.48. The van der Waals surface area contributed by atoms with Crippen molar-refractivity contribution in [2.75, 3.05) is 5.32 Å². The van der Waals surface area contributed by atoms with Gasteiger partial charge in [-0.25, -0.2) is 0 Å². The summed E-state index contributed by atoms with van der Waals surface area (Å²) in [5, 5.41) is 4.03. The fraction of sp³-hybridized carbons (Fsp3) is 0.500. The molecule has 22 heavy (non-hydrogen) atoms. The van der Waals surface area contributed by atoms with Gasteiger partial charge in [0, 0.05) is 17.1 Å². The predicted molar refractivity (Wildman–Crippen MR) is 92.5 cm³/mol. The first kappa shape index (κ1) is 15.6. The summed E-state index contributed by atoms with van der Waals surface area (Å²) in [6.45, 7) is 0. The van der Waals surface area contributed by atoms with Crippen LogP contribution in [0.5, 0.6) is 0 Å². The van der Waals surface area contributed by atoms with Gasteiger partial charge in [0.2, 0.25) is 5.91 Å². The molecular formula is C16H20ClN3OS. The highest BCUT2D eigenvalue weighted by molar-refractivity contribution is 7.80. The Morgan fingerprint density at radius 1 is 1.18 bits per heavy atom. The standard InChI is InChI=1S/C16H20ClN3OS/c17-13-3-5-14(6-4-13)18-16(22)20-19-15(21)9-12-8-10-1-2-11(12)7-10/h3-6,10-12H,1-2,7-9H2,(H,19,21)(H2,18,20,22)/t10-,11+,12+/m0/s1. The van der Waals surface area contributed by atoms with E-state index in [0.29, 0.717) is 22.5 Å². The van der Waals surface area contributed by atoms with Crippen molar-refractivity contribution in [1.29, 1.82) is 0 Å². The Balaban J connectivity index is 1.39. The normalized spacial score (nSPS) is 25.8. The maximum atomic E-state index is 12.0. The fourth-order valence-corrected chi connectivity index (χ4v) is 4.03. The number of thiocarbonyl (C=S) groups is 1. The molecule has 1 aromatic carbocycles. The van der Waals surface area contributed by atoms with Crippen molar-refractivity contribution < 1.29 is 4.79 Å². The number of amides is 1. The maximum absolute atomic E-state index is 12.0. The van der Waals surface area contributed by atoms with Gasteiger partial charge in [0.15, 0.2) is 5.11 Å². The monoisotopic (exact) mass is 337 g/mol. The lowest BCUT2D eigenvalue weighted by Crippen LogP contribution is -2.44. The zero-order valence-corrected chi connectivity index (χ0v) is 13.8. The van der Waals surface area contributed by atoms with Gasteiger partial charge < -0.3 is 5.32 Å². The highest BCUT2D eigenvalue weighted by Crippen LogP contribution is 2.49. The van der Waals surface area contributed by atoms with E-state index in [2.05, 4.69) is 16.2 Å². The van der Waals surface area contributed by atoms with Gasteiger partial charge in [0.25, 0.3) is 0 Å². The topological polar surface area (TPSA) is 53.2 Å². The molecule has 118 valence electrons. The van der Waals surface area contributed by atoms with Crippen LogP contribution in [0.2, 0.25) is 5.02 Å². The molecule has 0 saturated heterocycles. The molecule has 1 aromatic rings. The number of halogens is 1. The number of fused-ring (bicyclic) bond motifs is 2. The second-order valence-corrected chi connectivity index (χ2v) is 7.12. The Hall–Kier alpha value is -1.33. The molecule has 2 fully saturated rings. The first-order valence-electron chi connectivity index (χ1n) is 7.71. The lowest BCUT2D eigenvalue weighted by atomic mass is 9.86. The SMILES string of the molecule is O=C(C[C@H]1C[C@H]2CC[C@@H]1C2)NNC(=S)Nc1ccc(Cl)cc1. The Kier molecular flexibility index (Phi) is 4.84. The van der Waals surface area contributed by atoms with Crippen molar-refractivity contribution in [3.05, 3.63) is 29.3 Å². The molecule has 2 bridgehead atoms. The number of anilines is 1. The summed E-state index contributed by atoms with van der Waals surface area (Å²) < 4.78 is 0. The van der Waals surface area contributed by atoms with Crippen LogP contribution >= 0.6 is 23.8 Å². The molecule has 2 aliphatic carbocycles. The molecule has 3 N–H and O–H groups in total. The van der Waals surface area contributed by atoms with Crippen molar-refractivity contribution in [2.45, 2.75) is 32.1 Å². The lowest BCUT2D eigenvalue weighted by Gasteiger charge is -2.21. The van der Waals surface area contributed by atoms with E-state index in [9.17, 15) is 4.79 Å². The Morgan fingerprint density at radius 3 is 2.59 bits per heavy atom. The van der Waals surface area contributed by atoms with Crippen LogP contribution in [-0.2, 0) is 4.79 Å².